The van der Waals surface area contributed by atoms with Crippen LogP contribution < -0.4 is 0 Å². The third-order valence-electron chi connectivity index (χ3n) is 2.59. The van der Waals surface area contributed by atoms with Gasteiger partial charge in [0.25, 0.3) is 0 Å². The Bertz CT molecular complexity index is 385. The van der Waals surface area contributed by atoms with Gasteiger partial charge in [0.15, 0.2) is 0 Å². The normalized spacial score (nSPS) is 11.6. The van der Waals surface area contributed by atoms with Crippen LogP contribution in [-0.4, -0.2) is 34.0 Å². The number of benzene rings is 1. The van der Waals surface area contributed by atoms with Gasteiger partial charge in [-0.2, -0.15) is 0 Å². The van der Waals surface area contributed by atoms with Crippen molar-refractivity contribution >= 4 is 14.2 Å². The predicted molar refractivity (Wildman–Crippen MR) is 76.1 cm³/mol. The Kier molecular flexibility index (Phi) is 6.37. The predicted octanol–water partition coefficient (Wildman–Crippen LogP) is 2.77. The van der Waals surface area contributed by atoms with E-state index in [1.165, 1.54) is 0 Å². The van der Waals surface area contributed by atoms with Crippen molar-refractivity contribution in [2.24, 2.45) is 0 Å². The molecule has 0 aliphatic heterocycles. The number of aryl methyl sites for hydroxylation is 1. The molecular weight excluding hydrogens is 260 g/mol. The molecule has 0 atom stereocenters. The van der Waals surface area contributed by atoms with Gasteiger partial charge in [-0.25, -0.2) is 0 Å². The number of carbonyl (C=O) groups excluding carboxylic acids is 1. The summed E-state index contributed by atoms with van der Waals surface area (Å²) >= 11 is 0. The third kappa shape index (κ3) is 3.97. The number of carbonyl (C=O) groups is 1. The highest BCUT2D eigenvalue weighted by Gasteiger charge is 2.50. The van der Waals surface area contributed by atoms with Gasteiger partial charge in [0.2, 0.25) is 5.41 Å². The van der Waals surface area contributed by atoms with E-state index in [4.69, 9.17) is 13.3 Å². The van der Waals surface area contributed by atoms with Gasteiger partial charge in [-0.3, -0.25) is 4.79 Å². The largest absolute Gasteiger partial charge is 0.579 e. The van der Waals surface area contributed by atoms with Gasteiger partial charge in [0.1, 0.15) is 0 Å². The Morgan fingerprint density at radius 3 is 1.74 bits per heavy atom. The molecule has 5 heteroatoms. The van der Waals surface area contributed by atoms with Crippen molar-refractivity contribution in [1.82, 2.24) is 0 Å². The first kappa shape index (κ1) is 16.0. The van der Waals surface area contributed by atoms with E-state index in [2.05, 4.69) is 0 Å². The van der Waals surface area contributed by atoms with Crippen molar-refractivity contribution in [3.63, 3.8) is 0 Å². The fourth-order valence-electron chi connectivity index (χ4n) is 1.77. The Morgan fingerprint density at radius 1 is 0.947 bits per heavy atom. The molecule has 0 heterocycles. The molecule has 0 aliphatic carbocycles. The van der Waals surface area contributed by atoms with Gasteiger partial charge < -0.3 is 13.3 Å². The lowest BCUT2D eigenvalue weighted by Gasteiger charge is -2.26. The highest BCUT2D eigenvalue weighted by molar-refractivity contribution is 6.94. The highest BCUT2D eigenvalue weighted by Crippen LogP contribution is 2.18. The second kappa shape index (κ2) is 7.55. The van der Waals surface area contributed by atoms with E-state index >= 15 is 0 Å². The van der Waals surface area contributed by atoms with Crippen molar-refractivity contribution in [1.29, 1.82) is 0 Å². The average molecular weight is 282 g/mol. The molecule has 0 saturated heterocycles. The van der Waals surface area contributed by atoms with Crippen molar-refractivity contribution < 1.29 is 18.1 Å². The van der Waals surface area contributed by atoms with Crippen LogP contribution in [0.25, 0.3) is 0 Å². The van der Waals surface area contributed by atoms with E-state index in [0.717, 1.165) is 5.56 Å². The number of hydrogen-bond acceptors (Lipinski definition) is 4. The molecular formula is C14H22O4Si. The number of hydrogen-bond donors (Lipinski definition) is 0. The molecule has 0 saturated carbocycles. The van der Waals surface area contributed by atoms with Crippen LogP contribution in [0, 0.1) is 6.92 Å². The van der Waals surface area contributed by atoms with Crippen LogP contribution in [0.4, 0.5) is 0 Å². The van der Waals surface area contributed by atoms with E-state index in [1.807, 2.05) is 39.8 Å². The smallest absolute Gasteiger partial charge is 0.368 e. The summed E-state index contributed by atoms with van der Waals surface area (Å²) in [5.41, 5.74) is 1.68. The maximum Gasteiger partial charge on any atom is 0.579 e. The minimum absolute atomic E-state index is 0.168. The molecule has 0 aliphatic rings. The zero-order valence-corrected chi connectivity index (χ0v) is 13.1. The van der Waals surface area contributed by atoms with Crippen LogP contribution in [-0.2, 0) is 13.3 Å². The first-order valence-electron chi connectivity index (χ1n) is 6.63. The summed E-state index contributed by atoms with van der Waals surface area (Å²) in [4.78, 5) is 12.6. The summed E-state index contributed by atoms with van der Waals surface area (Å²) < 4.78 is 16.8. The molecule has 0 spiro atoms. The SMILES string of the molecule is CCO[Si](OCC)(OCC)C(=O)c1ccc(C)cc1. The van der Waals surface area contributed by atoms with Crippen molar-refractivity contribution in [3.05, 3.63) is 35.4 Å². The first-order chi connectivity index (χ1) is 9.09. The summed E-state index contributed by atoms with van der Waals surface area (Å²) in [5, 5.41) is -0.168. The van der Waals surface area contributed by atoms with Gasteiger partial charge >= 0.3 is 8.80 Å². The summed E-state index contributed by atoms with van der Waals surface area (Å²) in [6.45, 7) is 8.66. The monoisotopic (exact) mass is 282 g/mol. The van der Waals surface area contributed by atoms with Gasteiger partial charge in [0, 0.05) is 25.4 Å². The minimum Gasteiger partial charge on any atom is -0.368 e. The summed E-state index contributed by atoms with van der Waals surface area (Å²) in [6.07, 6.45) is 0. The summed E-state index contributed by atoms with van der Waals surface area (Å²) in [7, 11) is -3.30. The molecule has 106 valence electrons. The number of rotatable bonds is 8. The molecule has 1 rings (SSSR count). The fraction of sp³-hybridized carbons (Fsp3) is 0.500. The zero-order valence-electron chi connectivity index (χ0n) is 12.1. The molecule has 1 aromatic carbocycles. The van der Waals surface area contributed by atoms with Crippen LogP contribution >= 0.6 is 0 Å². The molecule has 0 amide bonds. The third-order valence-corrected chi connectivity index (χ3v) is 5.45. The van der Waals surface area contributed by atoms with E-state index in [9.17, 15) is 4.79 Å². The van der Waals surface area contributed by atoms with Gasteiger partial charge in [-0.1, -0.05) is 29.8 Å². The zero-order chi connectivity index (χ0) is 14.3. The van der Waals surface area contributed by atoms with Crippen LogP contribution in [0.3, 0.4) is 0 Å². The van der Waals surface area contributed by atoms with Crippen molar-refractivity contribution in [3.8, 4) is 0 Å². The topological polar surface area (TPSA) is 44.8 Å². The molecule has 0 unspecified atom stereocenters. The van der Waals surface area contributed by atoms with E-state index in [1.54, 1.807) is 12.1 Å². The molecule has 1 aromatic rings. The highest BCUT2D eigenvalue weighted by atomic mass is 28.4. The minimum atomic E-state index is -3.30. The molecule has 0 fully saturated rings. The van der Waals surface area contributed by atoms with Crippen LogP contribution in [0.5, 0.6) is 0 Å². The second-order valence-electron chi connectivity index (χ2n) is 4.05. The molecule has 0 radical (unpaired) electrons. The molecule has 0 aromatic heterocycles. The van der Waals surface area contributed by atoms with Crippen LogP contribution in [0.1, 0.15) is 36.7 Å². The van der Waals surface area contributed by atoms with E-state index in [-0.39, 0.29) is 5.41 Å². The molecule has 19 heavy (non-hydrogen) atoms. The fourth-order valence-corrected chi connectivity index (χ4v) is 4.08. The Morgan fingerprint density at radius 2 is 1.37 bits per heavy atom. The van der Waals surface area contributed by atoms with Gasteiger partial charge in [-0.05, 0) is 27.7 Å². The quantitative estimate of drug-likeness (QED) is 0.688. The van der Waals surface area contributed by atoms with Crippen LogP contribution in [0.15, 0.2) is 24.3 Å². The van der Waals surface area contributed by atoms with Crippen LogP contribution in [0.2, 0.25) is 0 Å². The average Bonchev–Trinajstić information content (AvgIpc) is 2.39. The summed E-state index contributed by atoms with van der Waals surface area (Å²) in [5.74, 6) is 0. The van der Waals surface area contributed by atoms with Gasteiger partial charge in [-0.15, -0.1) is 0 Å². The lowest BCUT2D eigenvalue weighted by molar-refractivity contribution is 0.0565. The van der Waals surface area contributed by atoms with Crippen molar-refractivity contribution in [2.75, 3.05) is 19.8 Å². The molecule has 0 N–H and O–H groups in total. The Balaban J connectivity index is 3.07. The summed E-state index contributed by atoms with van der Waals surface area (Å²) in [6, 6.07) is 7.37. The van der Waals surface area contributed by atoms with Crippen molar-refractivity contribution in [2.45, 2.75) is 27.7 Å². The lowest BCUT2D eigenvalue weighted by Crippen LogP contribution is -2.54. The van der Waals surface area contributed by atoms with E-state index < -0.39 is 8.80 Å². The molecule has 0 bridgehead atoms. The molecule has 4 nitrogen and oxygen atoms in total. The Labute approximate surface area is 116 Å². The van der Waals surface area contributed by atoms with E-state index in [0.29, 0.717) is 25.4 Å². The Hall–Kier alpha value is -1.01. The standard InChI is InChI=1S/C14H22O4Si/c1-5-16-19(17-6-2,18-7-3)14(15)13-10-8-12(4)9-11-13/h8-11H,5-7H2,1-4H3. The maximum absolute atomic E-state index is 12.6. The van der Waals surface area contributed by atoms with Gasteiger partial charge in [0.05, 0.1) is 0 Å². The maximum atomic E-state index is 12.6. The second-order valence-corrected chi connectivity index (χ2v) is 6.48. The lowest BCUT2D eigenvalue weighted by atomic mass is 10.2. The first-order valence-corrected chi connectivity index (χ1v) is 8.35.